The van der Waals surface area contributed by atoms with E-state index in [1.54, 1.807) is 22.7 Å². The Bertz CT molecular complexity index is 966. The topological polar surface area (TPSA) is 105 Å². The van der Waals surface area contributed by atoms with Gasteiger partial charge in [-0.15, -0.1) is 0 Å². The number of benzene rings is 1. The molecule has 2 aromatic heterocycles. The summed E-state index contributed by atoms with van der Waals surface area (Å²) in [4.78, 5) is 13.0. The molecule has 3 N–H and O–H groups in total. The van der Waals surface area contributed by atoms with Crippen LogP contribution in [0.25, 0.3) is 11.2 Å². The van der Waals surface area contributed by atoms with Gasteiger partial charge < -0.3 is 20.3 Å². The summed E-state index contributed by atoms with van der Waals surface area (Å²) in [6.07, 6.45) is 1.78. The van der Waals surface area contributed by atoms with Crippen LogP contribution in [0.15, 0.2) is 36.9 Å². The normalized spacial score (nSPS) is 24.7. The molecule has 0 saturated carbocycles. The molecule has 1 saturated heterocycles. The van der Waals surface area contributed by atoms with E-state index in [0.717, 1.165) is 5.56 Å². The molecular weight excluding hydrogens is 378 g/mol. The molecule has 4 rings (SSSR count). The molecule has 3 heterocycles. The smallest absolute Gasteiger partial charge is 0.167 e. The first kappa shape index (κ1) is 19.1. The van der Waals surface area contributed by atoms with Gasteiger partial charge in [-0.3, -0.25) is 4.57 Å². The maximum absolute atomic E-state index is 10.4. The van der Waals surface area contributed by atoms with Gasteiger partial charge in [-0.2, -0.15) is 11.8 Å². The van der Waals surface area contributed by atoms with E-state index in [-0.39, 0.29) is 0 Å². The molecule has 1 aliphatic rings. The third-order valence-electron chi connectivity index (χ3n) is 4.84. The molecule has 0 spiro atoms. The number of nitrogens with zero attached hydrogens (tertiary/aromatic N) is 4. The molecular formula is C19H23N5O3S. The highest BCUT2D eigenvalue weighted by Gasteiger charge is 2.44. The zero-order valence-electron chi connectivity index (χ0n) is 15.7. The Morgan fingerprint density at radius 3 is 2.86 bits per heavy atom. The van der Waals surface area contributed by atoms with Crippen LogP contribution in [0, 0.1) is 6.92 Å². The molecule has 1 aliphatic heterocycles. The number of rotatable bonds is 6. The number of fused-ring (bicyclic) bond motifs is 1. The van der Waals surface area contributed by atoms with Gasteiger partial charge in [0, 0.05) is 12.3 Å². The number of thioether (sulfide) groups is 1. The van der Waals surface area contributed by atoms with Crippen molar-refractivity contribution in [3.8, 4) is 0 Å². The second-order valence-corrected chi connectivity index (χ2v) is 7.80. The third-order valence-corrected chi connectivity index (χ3v) is 5.51. The van der Waals surface area contributed by atoms with Crippen LogP contribution < -0.4 is 5.32 Å². The van der Waals surface area contributed by atoms with Crippen molar-refractivity contribution >= 4 is 28.7 Å². The zero-order valence-corrected chi connectivity index (χ0v) is 16.5. The minimum absolute atomic E-state index is 0.437. The SMILES string of the molecule is CSC[C@H]1O[C@@H](n2cnc3c(NCc4cccc(C)c4)ncnc32)[C@H](O)[C@@H]1O. The summed E-state index contributed by atoms with van der Waals surface area (Å²) in [5, 5.41) is 24.0. The predicted octanol–water partition coefficient (Wildman–Crippen LogP) is 1.73. The first-order valence-corrected chi connectivity index (χ1v) is 10.5. The standard InChI is InChI=1S/C19H23N5O3S/c1-11-4-3-5-12(6-11)7-20-17-14-18(22-9-21-17)24(10-23-14)19-16(26)15(25)13(27-19)8-28-2/h3-6,9-10,13,15-16,19,25-26H,7-8H2,1-2H3,(H,20,21,22)/t13-,15-,16-,19-/m1/s1. The van der Waals surface area contributed by atoms with E-state index in [1.807, 2.05) is 18.4 Å². The lowest BCUT2D eigenvalue weighted by Gasteiger charge is -2.16. The van der Waals surface area contributed by atoms with Gasteiger partial charge in [-0.1, -0.05) is 29.8 Å². The summed E-state index contributed by atoms with van der Waals surface area (Å²) < 4.78 is 7.54. The van der Waals surface area contributed by atoms with E-state index < -0.39 is 24.5 Å². The summed E-state index contributed by atoms with van der Waals surface area (Å²) >= 11 is 1.56. The van der Waals surface area contributed by atoms with Crippen molar-refractivity contribution in [2.45, 2.75) is 38.0 Å². The maximum Gasteiger partial charge on any atom is 0.167 e. The fourth-order valence-corrected chi connectivity index (χ4v) is 4.04. The minimum Gasteiger partial charge on any atom is -0.387 e. The van der Waals surface area contributed by atoms with E-state index in [4.69, 9.17) is 4.74 Å². The lowest BCUT2D eigenvalue weighted by atomic mass is 10.1. The highest BCUT2D eigenvalue weighted by molar-refractivity contribution is 7.98. The lowest BCUT2D eigenvalue weighted by molar-refractivity contribution is -0.0288. The molecule has 28 heavy (non-hydrogen) atoms. The molecule has 0 amide bonds. The summed E-state index contributed by atoms with van der Waals surface area (Å²) in [7, 11) is 0. The van der Waals surface area contributed by atoms with Crippen LogP contribution in [0.4, 0.5) is 5.82 Å². The number of aliphatic hydroxyl groups is 2. The van der Waals surface area contributed by atoms with E-state index in [2.05, 4.69) is 39.3 Å². The van der Waals surface area contributed by atoms with Crippen LogP contribution in [0.3, 0.4) is 0 Å². The largest absolute Gasteiger partial charge is 0.387 e. The Morgan fingerprint density at radius 1 is 1.21 bits per heavy atom. The van der Waals surface area contributed by atoms with Crippen molar-refractivity contribution in [3.05, 3.63) is 48.0 Å². The summed E-state index contributed by atoms with van der Waals surface area (Å²) in [5.74, 6) is 1.21. The Balaban J connectivity index is 1.58. The molecule has 1 fully saturated rings. The number of aryl methyl sites for hydroxylation is 1. The average molecular weight is 401 g/mol. The van der Waals surface area contributed by atoms with Gasteiger partial charge in [0.05, 0.1) is 12.4 Å². The highest BCUT2D eigenvalue weighted by Crippen LogP contribution is 2.33. The molecule has 0 aliphatic carbocycles. The van der Waals surface area contributed by atoms with Crippen LogP contribution in [0.1, 0.15) is 17.4 Å². The highest BCUT2D eigenvalue weighted by atomic mass is 32.2. The monoisotopic (exact) mass is 401 g/mol. The Morgan fingerprint density at radius 2 is 2.07 bits per heavy atom. The van der Waals surface area contributed by atoms with Gasteiger partial charge in [0.1, 0.15) is 18.5 Å². The molecule has 8 nitrogen and oxygen atoms in total. The number of ether oxygens (including phenoxy) is 1. The zero-order chi connectivity index (χ0) is 19.7. The molecule has 0 bridgehead atoms. The molecule has 0 unspecified atom stereocenters. The molecule has 9 heteroatoms. The number of aliphatic hydroxyl groups excluding tert-OH is 2. The van der Waals surface area contributed by atoms with Gasteiger partial charge in [-0.25, -0.2) is 15.0 Å². The predicted molar refractivity (Wildman–Crippen MR) is 108 cm³/mol. The number of hydrogen-bond acceptors (Lipinski definition) is 8. The molecule has 0 radical (unpaired) electrons. The first-order valence-electron chi connectivity index (χ1n) is 9.06. The second kappa shape index (κ2) is 8.04. The van der Waals surface area contributed by atoms with Gasteiger partial charge >= 0.3 is 0 Å². The van der Waals surface area contributed by atoms with Crippen molar-refractivity contribution in [2.75, 3.05) is 17.3 Å². The van der Waals surface area contributed by atoms with E-state index in [9.17, 15) is 10.2 Å². The van der Waals surface area contributed by atoms with Crippen LogP contribution in [0.5, 0.6) is 0 Å². The third kappa shape index (κ3) is 3.58. The number of aromatic nitrogens is 4. The van der Waals surface area contributed by atoms with Gasteiger partial charge in [0.25, 0.3) is 0 Å². The van der Waals surface area contributed by atoms with Crippen molar-refractivity contribution in [2.24, 2.45) is 0 Å². The van der Waals surface area contributed by atoms with E-state index in [0.29, 0.717) is 29.3 Å². The van der Waals surface area contributed by atoms with Crippen molar-refractivity contribution < 1.29 is 14.9 Å². The molecule has 4 atom stereocenters. The van der Waals surface area contributed by atoms with Gasteiger partial charge in [0.15, 0.2) is 23.2 Å². The Hall–Kier alpha value is -2.20. The fourth-order valence-electron chi connectivity index (χ4n) is 3.44. The number of imidazole rings is 1. The average Bonchev–Trinajstić information content (AvgIpc) is 3.23. The van der Waals surface area contributed by atoms with Crippen molar-refractivity contribution in [1.82, 2.24) is 19.5 Å². The second-order valence-electron chi connectivity index (χ2n) is 6.89. The van der Waals surface area contributed by atoms with Crippen LogP contribution in [-0.2, 0) is 11.3 Å². The van der Waals surface area contributed by atoms with Crippen LogP contribution in [0.2, 0.25) is 0 Å². The minimum atomic E-state index is -1.05. The fraction of sp³-hybridized carbons (Fsp3) is 0.421. The van der Waals surface area contributed by atoms with Crippen LogP contribution in [-0.4, -0.2) is 60.1 Å². The van der Waals surface area contributed by atoms with E-state index in [1.165, 1.54) is 11.9 Å². The van der Waals surface area contributed by atoms with Gasteiger partial charge in [0.2, 0.25) is 0 Å². The summed E-state index contributed by atoms with van der Waals surface area (Å²) in [5.41, 5.74) is 3.47. The molecule has 148 valence electrons. The molecule has 1 aromatic carbocycles. The van der Waals surface area contributed by atoms with Crippen molar-refractivity contribution in [3.63, 3.8) is 0 Å². The number of anilines is 1. The maximum atomic E-state index is 10.4. The summed E-state index contributed by atoms with van der Waals surface area (Å²) in [6.45, 7) is 2.66. The first-order chi connectivity index (χ1) is 13.6. The van der Waals surface area contributed by atoms with Crippen LogP contribution >= 0.6 is 11.8 Å². The summed E-state index contributed by atoms with van der Waals surface area (Å²) in [6, 6.07) is 8.23. The molecule has 3 aromatic rings. The number of nitrogens with one attached hydrogen (secondary N) is 1. The quantitative estimate of drug-likeness (QED) is 0.574. The van der Waals surface area contributed by atoms with Gasteiger partial charge in [-0.05, 0) is 18.7 Å². The van der Waals surface area contributed by atoms with Crippen molar-refractivity contribution in [1.29, 1.82) is 0 Å². The number of hydrogen-bond donors (Lipinski definition) is 3. The Labute approximate surface area is 167 Å². The van der Waals surface area contributed by atoms with E-state index >= 15 is 0 Å². The Kier molecular flexibility index (Phi) is 5.49. The lowest BCUT2D eigenvalue weighted by Crippen LogP contribution is -2.32.